The van der Waals surface area contributed by atoms with Crippen molar-refractivity contribution in [1.82, 2.24) is 0 Å². The summed E-state index contributed by atoms with van der Waals surface area (Å²) >= 11 is 0. The van der Waals surface area contributed by atoms with E-state index in [1.165, 1.54) is 52.9 Å². The van der Waals surface area contributed by atoms with Crippen LogP contribution in [0.5, 0.6) is 11.5 Å². The van der Waals surface area contributed by atoms with Gasteiger partial charge in [0.1, 0.15) is 11.5 Å². The molecule has 2 unspecified atom stereocenters. The molecule has 8 bridgehead atoms. The number of hydrogen-bond donors (Lipinski definition) is 0. The topological polar surface area (TPSA) is 22.2 Å². The Bertz CT molecular complexity index is 2680. The maximum absolute atomic E-state index is 7.02. The van der Waals surface area contributed by atoms with Crippen LogP contribution in [0.15, 0.2) is 121 Å². The van der Waals surface area contributed by atoms with Crippen molar-refractivity contribution in [1.29, 1.82) is 0 Å². The van der Waals surface area contributed by atoms with Crippen molar-refractivity contribution < 1.29 is 25.8 Å². The minimum atomic E-state index is -0.852. The van der Waals surface area contributed by atoms with E-state index in [2.05, 4.69) is 222 Å². The Morgan fingerprint density at radius 2 is 1.11 bits per heavy atom. The van der Waals surface area contributed by atoms with E-state index in [9.17, 15) is 0 Å². The predicted molar refractivity (Wildman–Crippen MR) is 251 cm³/mol. The van der Waals surface area contributed by atoms with Crippen LogP contribution < -0.4 is 24.3 Å². The second-order valence-electron chi connectivity index (χ2n) is 20.5. The molecule has 316 valence electrons. The zero-order valence-corrected chi connectivity index (χ0v) is 39.7. The number of nitrogens with zero attached hydrogens (tertiary/aromatic N) is 4. The number of benzene rings is 6. The molecule has 5 aliphatic rings. The molecule has 6 heteroatoms. The third kappa shape index (κ3) is 5.62. The van der Waals surface area contributed by atoms with E-state index in [0.29, 0.717) is 0 Å². The number of anilines is 6. The van der Waals surface area contributed by atoms with Gasteiger partial charge in [-0.15, -0.1) is 28.7 Å². The van der Waals surface area contributed by atoms with E-state index in [-0.39, 0.29) is 43.0 Å². The standard InChI is InChI=1S/C56H56N4O.Pt/c1-37-59-43-21-17-19-41(33-43)56(44-34-38(52(2,3)4)26-28-50(44)61-51-29-27-39(35-45(51)56)53(5,6)7)40-18-16-20-42(32-40)57-36-58(47-23-11-10-22-46(47)57)54(8)30-14-15-31-55(54,9)60(37)49-25-13-12-24-48(49)59;/h10-13,16-29,34-36H,14-15,30-31H2,1-9H3;/q-4;+4. The van der Waals surface area contributed by atoms with Gasteiger partial charge in [0.05, 0.1) is 0 Å². The maximum atomic E-state index is 7.02. The molecule has 5 nitrogen and oxygen atoms in total. The Morgan fingerprint density at radius 3 is 1.71 bits per heavy atom. The average molecular weight is 996 g/mol. The van der Waals surface area contributed by atoms with Crippen molar-refractivity contribution in [2.24, 2.45) is 0 Å². The van der Waals surface area contributed by atoms with Gasteiger partial charge >= 0.3 is 21.1 Å². The Labute approximate surface area is 384 Å². The summed E-state index contributed by atoms with van der Waals surface area (Å²) in [7, 11) is 0. The van der Waals surface area contributed by atoms with Crippen LogP contribution in [-0.2, 0) is 37.3 Å². The summed E-state index contributed by atoms with van der Waals surface area (Å²) in [5.41, 5.74) is 12.1. The second-order valence-corrected chi connectivity index (χ2v) is 20.5. The third-order valence-corrected chi connectivity index (χ3v) is 15.0. The Kier molecular flexibility index (Phi) is 9.27. The maximum Gasteiger partial charge on any atom is 4.00 e. The van der Waals surface area contributed by atoms with Crippen LogP contribution in [0, 0.1) is 25.0 Å². The van der Waals surface area contributed by atoms with Crippen LogP contribution >= 0.6 is 0 Å². The van der Waals surface area contributed by atoms with Crippen LogP contribution in [0.3, 0.4) is 0 Å². The van der Waals surface area contributed by atoms with Gasteiger partial charge in [0, 0.05) is 50.4 Å². The molecule has 62 heavy (non-hydrogen) atoms. The van der Waals surface area contributed by atoms with E-state index in [0.717, 1.165) is 58.0 Å². The Balaban J connectivity index is 0.00000458. The van der Waals surface area contributed by atoms with E-state index >= 15 is 0 Å². The first-order chi connectivity index (χ1) is 29.1. The molecule has 0 amide bonds. The van der Waals surface area contributed by atoms with Crippen molar-refractivity contribution in [2.45, 2.75) is 115 Å². The molecule has 2 atom stereocenters. The van der Waals surface area contributed by atoms with Crippen LogP contribution in [0.4, 0.5) is 34.1 Å². The van der Waals surface area contributed by atoms with Gasteiger partial charge < -0.3 is 24.3 Å². The minimum Gasteiger partial charge on any atom is -0.495 e. The zero-order valence-electron chi connectivity index (χ0n) is 37.5. The van der Waals surface area contributed by atoms with Crippen molar-refractivity contribution in [3.63, 3.8) is 0 Å². The van der Waals surface area contributed by atoms with Crippen LogP contribution in [0.25, 0.3) is 0 Å². The molecule has 0 N–H and O–H groups in total. The van der Waals surface area contributed by atoms with Crippen LogP contribution in [0.2, 0.25) is 0 Å². The van der Waals surface area contributed by atoms with Gasteiger partial charge in [0.25, 0.3) is 0 Å². The van der Waals surface area contributed by atoms with Gasteiger partial charge in [-0.1, -0.05) is 103 Å². The molecule has 4 aliphatic heterocycles. The number of rotatable bonds is 0. The minimum absolute atomic E-state index is 0. The Hall–Kier alpha value is -4.99. The van der Waals surface area contributed by atoms with E-state index in [1.807, 2.05) is 0 Å². The van der Waals surface area contributed by atoms with Gasteiger partial charge in [0.2, 0.25) is 0 Å². The van der Waals surface area contributed by atoms with Crippen molar-refractivity contribution in [3.05, 3.63) is 180 Å². The van der Waals surface area contributed by atoms with E-state index < -0.39 is 5.41 Å². The molecule has 11 rings (SSSR count). The first-order valence-corrected chi connectivity index (χ1v) is 22.2. The van der Waals surface area contributed by atoms with Crippen LogP contribution in [-0.4, -0.2) is 11.1 Å². The van der Waals surface area contributed by atoms with E-state index in [4.69, 9.17) is 4.74 Å². The molecule has 0 saturated heterocycles. The van der Waals surface area contributed by atoms with Crippen molar-refractivity contribution in [3.8, 4) is 11.5 Å². The number of hydrogen-bond acceptors (Lipinski definition) is 5. The fourth-order valence-electron chi connectivity index (χ4n) is 11.5. The molecule has 6 aromatic carbocycles. The van der Waals surface area contributed by atoms with Gasteiger partial charge in [-0.2, -0.15) is 62.1 Å². The average Bonchev–Trinajstić information content (AvgIpc) is 3.78. The van der Waals surface area contributed by atoms with Gasteiger partial charge in [-0.05, 0) is 85.0 Å². The molecule has 0 radical (unpaired) electrons. The summed E-state index contributed by atoms with van der Waals surface area (Å²) in [5.74, 6) is 1.71. The van der Waals surface area contributed by atoms with Crippen molar-refractivity contribution in [2.75, 3.05) is 19.6 Å². The first-order valence-electron chi connectivity index (χ1n) is 22.2. The normalized spacial score (nSPS) is 22.0. The van der Waals surface area contributed by atoms with Gasteiger partial charge in [-0.3, -0.25) is 0 Å². The van der Waals surface area contributed by atoms with Gasteiger partial charge in [-0.25, -0.2) is 0 Å². The first kappa shape index (κ1) is 41.0. The summed E-state index contributed by atoms with van der Waals surface area (Å²) in [6, 6.07) is 53.6. The molecule has 1 fully saturated rings. The summed E-state index contributed by atoms with van der Waals surface area (Å²) in [6.45, 7) is 23.5. The molecule has 1 spiro atoms. The largest absolute Gasteiger partial charge is 4.00 e. The quantitative estimate of drug-likeness (QED) is 0.141. The number of ether oxygens (including phenoxy) is 1. The summed E-state index contributed by atoms with van der Waals surface area (Å²) in [6.07, 6.45) is 5.66. The molecular weight excluding hydrogens is 940 g/mol. The number of para-hydroxylation sites is 4. The molecule has 6 aromatic rings. The molecule has 4 heterocycles. The fraction of sp³-hybridized carbons (Fsp3) is 0.321. The summed E-state index contributed by atoms with van der Waals surface area (Å²) in [4.78, 5) is 10.2. The van der Waals surface area contributed by atoms with Crippen LogP contribution in [0.1, 0.15) is 121 Å². The molecule has 1 saturated carbocycles. The molecule has 1 aliphatic carbocycles. The Morgan fingerprint density at radius 1 is 0.597 bits per heavy atom. The summed E-state index contributed by atoms with van der Waals surface area (Å²) in [5, 5.41) is 0. The zero-order chi connectivity index (χ0) is 42.3. The molecule has 0 aromatic heterocycles. The molecular formula is C56H56N4OPt. The fourth-order valence-corrected chi connectivity index (χ4v) is 11.5. The predicted octanol–water partition coefficient (Wildman–Crippen LogP) is 14.0. The monoisotopic (exact) mass is 995 g/mol. The smallest absolute Gasteiger partial charge is 0.495 e. The third-order valence-electron chi connectivity index (χ3n) is 15.0. The summed E-state index contributed by atoms with van der Waals surface area (Å²) < 4.78 is 7.02. The van der Waals surface area contributed by atoms with Gasteiger partial charge in [0.15, 0.2) is 0 Å². The second kappa shape index (κ2) is 14.0. The SMILES string of the molecule is C[C-]1N2c3[c-]c(ccc3)C3(c4[c-]c(ccc4)N4[CH-]N(c5ccccc54)C4(C)CCCCC4(C)N1c1ccccc12)c1cc(C(C)(C)C)ccc1Oc1ccc(C(C)(C)C)cc13.[Pt+4]. The van der Waals surface area contributed by atoms with E-state index in [1.54, 1.807) is 0 Å². The number of fused-ring (bicyclic) bond motifs is 25. The van der Waals surface area contributed by atoms with Crippen molar-refractivity contribution >= 4 is 34.1 Å².